The third-order valence-corrected chi connectivity index (χ3v) is 4.56. The predicted molar refractivity (Wildman–Crippen MR) is 101 cm³/mol. The fourth-order valence-electron chi connectivity index (χ4n) is 2.85. The Kier molecular flexibility index (Phi) is 5.61. The van der Waals surface area contributed by atoms with Gasteiger partial charge in [-0.2, -0.15) is 0 Å². The van der Waals surface area contributed by atoms with Crippen molar-refractivity contribution in [3.63, 3.8) is 0 Å². The van der Waals surface area contributed by atoms with E-state index in [1.54, 1.807) is 12.1 Å². The molecule has 1 atom stereocenters. The molecule has 0 unspecified atom stereocenters. The van der Waals surface area contributed by atoms with Crippen LogP contribution in [0.3, 0.4) is 0 Å². The van der Waals surface area contributed by atoms with Gasteiger partial charge in [-0.05, 0) is 23.8 Å². The molecule has 1 aliphatic rings. The van der Waals surface area contributed by atoms with E-state index in [2.05, 4.69) is 10.6 Å². The molecule has 0 radical (unpaired) electrons. The SMILES string of the molecule is O=C(N[C@H](Cc1ccccc1)C(=O)O)c1ccc(Cl)c(N2CCNC2=O)c1. The Balaban J connectivity index is 1.78. The van der Waals surface area contributed by atoms with Gasteiger partial charge in [-0.15, -0.1) is 0 Å². The molecule has 8 heteroatoms. The summed E-state index contributed by atoms with van der Waals surface area (Å²) in [5, 5.41) is 15.0. The number of carboxylic acid groups (broad SMARTS) is 1. The van der Waals surface area contributed by atoms with Crippen LogP contribution in [0.15, 0.2) is 48.5 Å². The van der Waals surface area contributed by atoms with Gasteiger partial charge in [0.1, 0.15) is 6.04 Å². The van der Waals surface area contributed by atoms with Crippen molar-refractivity contribution >= 4 is 35.2 Å². The van der Waals surface area contributed by atoms with Crippen molar-refractivity contribution in [2.45, 2.75) is 12.5 Å². The quantitative estimate of drug-likeness (QED) is 0.708. The lowest BCUT2D eigenvalue weighted by atomic mass is 10.1. The van der Waals surface area contributed by atoms with E-state index in [0.29, 0.717) is 23.8 Å². The topological polar surface area (TPSA) is 98.7 Å². The maximum atomic E-state index is 12.6. The Labute approximate surface area is 160 Å². The lowest BCUT2D eigenvalue weighted by Crippen LogP contribution is -2.42. The van der Waals surface area contributed by atoms with E-state index in [-0.39, 0.29) is 18.0 Å². The number of benzene rings is 2. The number of nitrogens with one attached hydrogen (secondary N) is 2. The number of urea groups is 1. The minimum Gasteiger partial charge on any atom is -0.480 e. The molecule has 0 saturated carbocycles. The Morgan fingerprint density at radius 3 is 2.59 bits per heavy atom. The number of carbonyl (C=O) groups is 3. The molecule has 0 spiro atoms. The summed E-state index contributed by atoms with van der Waals surface area (Å²) in [6.07, 6.45) is 0.164. The van der Waals surface area contributed by atoms with Gasteiger partial charge in [-0.1, -0.05) is 41.9 Å². The largest absolute Gasteiger partial charge is 0.480 e. The number of carboxylic acids is 1. The second kappa shape index (κ2) is 8.09. The molecule has 1 fully saturated rings. The molecule has 27 heavy (non-hydrogen) atoms. The summed E-state index contributed by atoms with van der Waals surface area (Å²) in [5.74, 6) is -1.67. The summed E-state index contributed by atoms with van der Waals surface area (Å²) >= 11 is 6.16. The molecule has 1 saturated heterocycles. The summed E-state index contributed by atoms with van der Waals surface area (Å²) in [6.45, 7) is 0.930. The Morgan fingerprint density at radius 2 is 1.96 bits per heavy atom. The third kappa shape index (κ3) is 4.38. The molecule has 3 rings (SSSR count). The van der Waals surface area contributed by atoms with Crippen LogP contribution in [0.2, 0.25) is 5.02 Å². The number of carbonyl (C=O) groups excluding carboxylic acids is 2. The number of anilines is 1. The lowest BCUT2D eigenvalue weighted by molar-refractivity contribution is -0.139. The first-order valence-corrected chi connectivity index (χ1v) is 8.76. The smallest absolute Gasteiger partial charge is 0.326 e. The molecule has 0 bridgehead atoms. The van der Waals surface area contributed by atoms with Crippen LogP contribution in [-0.2, 0) is 11.2 Å². The van der Waals surface area contributed by atoms with Crippen LogP contribution in [0.5, 0.6) is 0 Å². The molecule has 2 aromatic carbocycles. The molecule has 3 N–H and O–H groups in total. The first-order chi connectivity index (χ1) is 13.0. The van der Waals surface area contributed by atoms with Crippen LogP contribution in [0.1, 0.15) is 15.9 Å². The zero-order valence-electron chi connectivity index (χ0n) is 14.3. The van der Waals surface area contributed by atoms with Gasteiger partial charge < -0.3 is 15.7 Å². The minimum atomic E-state index is -1.12. The second-order valence-electron chi connectivity index (χ2n) is 6.10. The van der Waals surface area contributed by atoms with Crippen LogP contribution >= 0.6 is 11.6 Å². The van der Waals surface area contributed by atoms with Gasteiger partial charge >= 0.3 is 12.0 Å². The van der Waals surface area contributed by atoms with E-state index in [4.69, 9.17) is 11.6 Å². The molecule has 0 aromatic heterocycles. The van der Waals surface area contributed by atoms with Crippen molar-refractivity contribution in [2.24, 2.45) is 0 Å². The number of amides is 3. The van der Waals surface area contributed by atoms with E-state index < -0.39 is 17.9 Å². The van der Waals surface area contributed by atoms with E-state index in [9.17, 15) is 19.5 Å². The van der Waals surface area contributed by atoms with E-state index in [1.165, 1.54) is 23.1 Å². The van der Waals surface area contributed by atoms with Gasteiger partial charge in [0, 0.05) is 25.1 Å². The van der Waals surface area contributed by atoms with Crippen LogP contribution in [0.25, 0.3) is 0 Å². The third-order valence-electron chi connectivity index (χ3n) is 4.24. The summed E-state index contributed by atoms with van der Waals surface area (Å²) in [4.78, 5) is 37.4. The first kappa shape index (κ1) is 18.7. The van der Waals surface area contributed by atoms with Crippen molar-refractivity contribution < 1.29 is 19.5 Å². The monoisotopic (exact) mass is 387 g/mol. The van der Waals surface area contributed by atoms with Crippen molar-refractivity contribution in [3.8, 4) is 0 Å². The Hall–Kier alpha value is -3.06. The van der Waals surface area contributed by atoms with Crippen LogP contribution in [-0.4, -0.2) is 42.1 Å². The molecule has 0 aliphatic carbocycles. The average Bonchev–Trinajstić information content (AvgIpc) is 3.08. The van der Waals surface area contributed by atoms with Gasteiger partial charge in [-0.3, -0.25) is 9.69 Å². The molecular formula is C19H18ClN3O4. The zero-order valence-corrected chi connectivity index (χ0v) is 15.1. The van der Waals surface area contributed by atoms with Crippen LogP contribution < -0.4 is 15.5 Å². The van der Waals surface area contributed by atoms with Crippen LogP contribution in [0.4, 0.5) is 10.5 Å². The van der Waals surface area contributed by atoms with E-state index in [0.717, 1.165) is 5.56 Å². The molecule has 140 valence electrons. The summed E-state index contributed by atoms with van der Waals surface area (Å²) < 4.78 is 0. The highest BCUT2D eigenvalue weighted by Crippen LogP contribution is 2.28. The van der Waals surface area contributed by atoms with Crippen LogP contribution in [0, 0.1) is 0 Å². The van der Waals surface area contributed by atoms with Crippen molar-refractivity contribution in [1.82, 2.24) is 10.6 Å². The normalized spacial score (nSPS) is 14.6. The Bertz CT molecular complexity index is 873. The minimum absolute atomic E-state index is 0.164. The molecule has 3 amide bonds. The maximum absolute atomic E-state index is 12.6. The Morgan fingerprint density at radius 1 is 1.22 bits per heavy atom. The first-order valence-electron chi connectivity index (χ1n) is 8.38. The van der Waals surface area contributed by atoms with E-state index >= 15 is 0 Å². The highest BCUT2D eigenvalue weighted by molar-refractivity contribution is 6.34. The van der Waals surface area contributed by atoms with Gasteiger partial charge in [0.15, 0.2) is 0 Å². The van der Waals surface area contributed by atoms with Crippen molar-refractivity contribution in [3.05, 3.63) is 64.7 Å². The second-order valence-corrected chi connectivity index (χ2v) is 6.51. The number of hydrogen-bond donors (Lipinski definition) is 3. The van der Waals surface area contributed by atoms with Gasteiger partial charge in [-0.25, -0.2) is 9.59 Å². The predicted octanol–water partition coefficient (Wildman–Crippen LogP) is 2.30. The number of aliphatic carboxylic acids is 1. The van der Waals surface area contributed by atoms with Gasteiger partial charge in [0.05, 0.1) is 10.7 Å². The molecule has 2 aromatic rings. The highest BCUT2D eigenvalue weighted by atomic mass is 35.5. The molecular weight excluding hydrogens is 370 g/mol. The van der Waals surface area contributed by atoms with E-state index in [1.807, 2.05) is 18.2 Å². The van der Waals surface area contributed by atoms with Crippen molar-refractivity contribution in [1.29, 1.82) is 0 Å². The highest BCUT2D eigenvalue weighted by Gasteiger charge is 2.25. The van der Waals surface area contributed by atoms with Crippen molar-refractivity contribution in [2.75, 3.05) is 18.0 Å². The number of halogens is 1. The number of nitrogens with zero attached hydrogens (tertiary/aromatic N) is 1. The number of hydrogen-bond acceptors (Lipinski definition) is 3. The zero-order chi connectivity index (χ0) is 19.4. The van der Waals surface area contributed by atoms with Gasteiger partial charge in [0.25, 0.3) is 5.91 Å². The van der Waals surface area contributed by atoms with Gasteiger partial charge in [0.2, 0.25) is 0 Å². The summed E-state index contributed by atoms with van der Waals surface area (Å²) in [6, 6.07) is 12.2. The maximum Gasteiger partial charge on any atom is 0.326 e. The molecule has 1 aliphatic heterocycles. The fraction of sp³-hybridized carbons (Fsp3) is 0.211. The standard InChI is InChI=1S/C19H18ClN3O4/c20-14-7-6-13(11-16(14)23-9-8-21-19(23)27)17(24)22-15(18(25)26)10-12-4-2-1-3-5-12/h1-7,11,15H,8-10H2,(H,21,27)(H,22,24)(H,25,26)/t15-/m1/s1. The summed E-state index contributed by atoms with van der Waals surface area (Å²) in [5.41, 5.74) is 1.44. The number of rotatable bonds is 6. The average molecular weight is 388 g/mol. The summed E-state index contributed by atoms with van der Waals surface area (Å²) in [7, 11) is 0. The lowest BCUT2D eigenvalue weighted by Gasteiger charge is -2.18. The molecule has 7 nitrogen and oxygen atoms in total. The fourth-order valence-corrected chi connectivity index (χ4v) is 3.07. The molecule has 1 heterocycles.